The molecule has 0 heterocycles. The summed E-state index contributed by atoms with van der Waals surface area (Å²) in [5.74, 6) is 0.531. The van der Waals surface area contributed by atoms with Crippen LogP contribution in [0.2, 0.25) is 5.02 Å². The molecule has 0 saturated heterocycles. The first-order valence-corrected chi connectivity index (χ1v) is 8.64. The van der Waals surface area contributed by atoms with E-state index in [9.17, 15) is 9.59 Å². The number of halogens is 1. The number of nitrogens with one attached hydrogen (secondary N) is 1. The van der Waals surface area contributed by atoms with Gasteiger partial charge >= 0.3 is 0 Å². The molecule has 0 saturated carbocycles. The van der Waals surface area contributed by atoms with Crippen molar-refractivity contribution in [2.45, 2.75) is 32.7 Å². The van der Waals surface area contributed by atoms with Crippen LogP contribution in [0.1, 0.15) is 46.3 Å². The normalized spacial score (nSPS) is 15.8. The van der Waals surface area contributed by atoms with Gasteiger partial charge in [-0.3, -0.25) is 9.59 Å². The molecule has 1 N–H and O–H groups in total. The topological polar surface area (TPSA) is 55.4 Å². The minimum Gasteiger partial charge on any atom is -0.483 e. The fourth-order valence-electron chi connectivity index (χ4n) is 3.27. The number of Topliss-reactive ketones (excluding diaryl/α,β-unsaturated/α-hetero) is 1. The van der Waals surface area contributed by atoms with Crippen molar-refractivity contribution in [2.75, 3.05) is 6.61 Å². The Hall–Kier alpha value is -2.33. The summed E-state index contributed by atoms with van der Waals surface area (Å²) in [6, 6.07) is 11.0. The van der Waals surface area contributed by atoms with Gasteiger partial charge in [0.1, 0.15) is 5.75 Å². The van der Waals surface area contributed by atoms with Crippen LogP contribution in [-0.2, 0) is 11.3 Å². The average Bonchev–Trinajstić information content (AvgIpc) is 2.88. The second kappa shape index (κ2) is 7.28. The van der Waals surface area contributed by atoms with E-state index in [2.05, 4.69) is 5.32 Å². The molecule has 1 aliphatic rings. The first-order valence-electron chi connectivity index (χ1n) is 8.26. The van der Waals surface area contributed by atoms with Crippen LogP contribution in [0.5, 0.6) is 5.75 Å². The van der Waals surface area contributed by atoms with Gasteiger partial charge in [-0.15, -0.1) is 0 Å². The minimum absolute atomic E-state index is 0.0838. The largest absolute Gasteiger partial charge is 0.483 e. The number of ether oxygens (including phenoxy) is 1. The summed E-state index contributed by atoms with van der Waals surface area (Å²) in [7, 11) is 0. The second-order valence-corrected chi connectivity index (χ2v) is 6.83. The van der Waals surface area contributed by atoms with Crippen molar-refractivity contribution >= 4 is 23.3 Å². The van der Waals surface area contributed by atoms with E-state index in [0.29, 0.717) is 29.3 Å². The van der Waals surface area contributed by atoms with Gasteiger partial charge in [0, 0.05) is 18.0 Å². The fourth-order valence-corrected chi connectivity index (χ4v) is 3.48. The number of hydrogen-bond acceptors (Lipinski definition) is 3. The Labute approximate surface area is 152 Å². The SMILES string of the molecule is Cc1ccc(OCC(=O)NCc2cccc(Cl)c2)c2c1[C@@H](C)CC2=O. The molecule has 0 radical (unpaired) electrons. The monoisotopic (exact) mass is 357 g/mol. The standard InChI is InChI=1S/C20H20ClNO3/c1-12-6-7-17(20-16(23)8-13(2)19(12)20)25-11-18(24)22-10-14-4-3-5-15(21)9-14/h3-7,9,13H,8,10-11H2,1-2H3,(H,22,24)/t13-/m0/s1. The van der Waals surface area contributed by atoms with Crippen molar-refractivity contribution in [3.63, 3.8) is 0 Å². The number of benzene rings is 2. The van der Waals surface area contributed by atoms with Crippen LogP contribution in [0.4, 0.5) is 0 Å². The molecular weight excluding hydrogens is 338 g/mol. The van der Waals surface area contributed by atoms with Crippen molar-refractivity contribution < 1.29 is 14.3 Å². The molecule has 5 heteroatoms. The van der Waals surface area contributed by atoms with Crippen LogP contribution >= 0.6 is 11.6 Å². The van der Waals surface area contributed by atoms with E-state index in [1.54, 1.807) is 18.2 Å². The second-order valence-electron chi connectivity index (χ2n) is 6.39. The highest BCUT2D eigenvalue weighted by atomic mass is 35.5. The zero-order chi connectivity index (χ0) is 18.0. The van der Waals surface area contributed by atoms with Gasteiger partial charge in [0.2, 0.25) is 0 Å². The van der Waals surface area contributed by atoms with Crippen molar-refractivity contribution in [1.29, 1.82) is 0 Å². The Morgan fingerprint density at radius 3 is 2.88 bits per heavy atom. The Balaban J connectivity index is 1.63. The zero-order valence-electron chi connectivity index (χ0n) is 14.3. The quantitative estimate of drug-likeness (QED) is 0.878. The van der Waals surface area contributed by atoms with Gasteiger partial charge in [-0.2, -0.15) is 0 Å². The van der Waals surface area contributed by atoms with Gasteiger partial charge < -0.3 is 10.1 Å². The summed E-state index contributed by atoms with van der Waals surface area (Å²) in [5.41, 5.74) is 3.68. The Morgan fingerprint density at radius 2 is 2.12 bits per heavy atom. The lowest BCUT2D eigenvalue weighted by atomic mass is 9.97. The van der Waals surface area contributed by atoms with Gasteiger partial charge in [-0.25, -0.2) is 0 Å². The minimum atomic E-state index is -0.243. The van der Waals surface area contributed by atoms with Crippen molar-refractivity contribution in [3.05, 3.63) is 63.7 Å². The third-order valence-corrected chi connectivity index (χ3v) is 4.66. The molecule has 0 spiro atoms. The first kappa shape index (κ1) is 17.5. The van der Waals surface area contributed by atoms with Gasteiger partial charge in [0.15, 0.2) is 12.4 Å². The van der Waals surface area contributed by atoms with E-state index in [0.717, 1.165) is 16.7 Å². The van der Waals surface area contributed by atoms with E-state index in [1.807, 2.05) is 32.0 Å². The molecule has 2 aromatic carbocycles. The number of amides is 1. The van der Waals surface area contributed by atoms with E-state index in [1.165, 1.54) is 0 Å². The molecule has 0 fully saturated rings. The highest BCUT2D eigenvalue weighted by molar-refractivity contribution is 6.30. The molecule has 130 valence electrons. The lowest BCUT2D eigenvalue weighted by molar-refractivity contribution is -0.123. The Bertz CT molecular complexity index is 832. The zero-order valence-corrected chi connectivity index (χ0v) is 15.0. The maximum atomic E-state index is 12.2. The van der Waals surface area contributed by atoms with Gasteiger partial charge in [-0.05, 0) is 47.7 Å². The lowest BCUT2D eigenvalue weighted by Gasteiger charge is -2.13. The van der Waals surface area contributed by atoms with Gasteiger partial charge in [0.05, 0.1) is 5.56 Å². The maximum Gasteiger partial charge on any atom is 0.258 e. The number of aryl methyl sites for hydroxylation is 1. The smallest absolute Gasteiger partial charge is 0.258 e. The molecule has 3 rings (SSSR count). The number of carbonyl (C=O) groups excluding carboxylic acids is 2. The van der Waals surface area contributed by atoms with Gasteiger partial charge in [-0.1, -0.05) is 36.7 Å². The number of rotatable bonds is 5. The van der Waals surface area contributed by atoms with Crippen LogP contribution in [0, 0.1) is 6.92 Å². The molecule has 2 aromatic rings. The predicted octanol–water partition coefficient (Wildman–Crippen LogP) is 4.03. The predicted molar refractivity (Wildman–Crippen MR) is 97.3 cm³/mol. The first-order chi connectivity index (χ1) is 12.0. The maximum absolute atomic E-state index is 12.2. The van der Waals surface area contributed by atoms with Crippen molar-refractivity contribution in [1.82, 2.24) is 5.32 Å². The van der Waals surface area contributed by atoms with E-state index < -0.39 is 0 Å². The number of carbonyl (C=O) groups is 2. The lowest BCUT2D eigenvalue weighted by Crippen LogP contribution is -2.28. The van der Waals surface area contributed by atoms with E-state index in [-0.39, 0.29) is 24.2 Å². The molecule has 0 aromatic heterocycles. The third kappa shape index (κ3) is 3.85. The molecule has 1 amide bonds. The van der Waals surface area contributed by atoms with Crippen molar-refractivity contribution in [2.24, 2.45) is 0 Å². The Kier molecular flexibility index (Phi) is 5.09. The molecule has 0 bridgehead atoms. The van der Waals surface area contributed by atoms with Crippen LogP contribution in [0.3, 0.4) is 0 Å². The van der Waals surface area contributed by atoms with Crippen LogP contribution < -0.4 is 10.1 Å². The molecule has 25 heavy (non-hydrogen) atoms. The molecule has 1 atom stereocenters. The molecule has 4 nitrogen and oxygen atoms in total. The van der Waals surface area contributed by atoms with E-state index in [4.69, 9.17) is 16.3 Å². The highest BCUT2D eigenvalue weighted by Crippen LogP contribution is 2.40. The third-order valence-electron chi connectivity index (χ3n) is 4.43. The summed E-state index contributed by atoms with van der Waals surface area (Å²) in [4.78, 5) is 24.3. The highest BCUT2D eigenvalue weighted by Gasteiger charge is 2.31. The molecule has 0 aliphatic heterocycles. The molecule has 1 aliphatic carbocycles. The molecular formula is C20H20ClNO3. The number of ketones is 1. The number of fused-ring (bicyclic) bond motifs is 1. The van der Waals surface area contributed by atoms with E-state index >= 15 is 0 Å². The van der Waals surface area contributed by atoms with Gasteiger partial charge in [0.25, 0.3) is 5.91 Å². The summed E-state index contributed by atoms with van der Waals surface area (Å²) in [6.07, 6.45) is 0.498. The van der Waals surface area contributed by atoms with Crippen LogP contribution in [0.15, 0.2) is 36.4 Å². The summed E-state index contributed by atoms with van der Waals surface area (Å²) in [5, 5.41) is 3.42. The summed E-state index contributed by atoms with van der Waals surface area (Å²) in [6.45, 7) is 4.29. The van der Waals surface area contributed by atoms with Crippen LogP contribution in [-0.4, -0.2) is 18.3 Å². The average molecular weight is 358 g/mol. The van der Waals surface area contributed by atoms with Crippen molar-refractivity contribution in [3.8, 4) is 5.75 Å². The molecule has 0 unspecified atom stereocenters. The number of hydrogen-bond donors (Lipinski definition) is 1. The summed E-state index contributed by atoms with van der Waals surface area (Å²) >= 11 is 5.92. The fraction of sp³-hybridized carbons (Fsp3) is 0.300. The Morgan fingerprint density at radius 1 is 1.32 bits per heavy atom. The summed E-state index contributed by atoms with van der Waals surface area (Å²) < 4.78 is 5.64. The van der Waals surface area contributed by atoms with Crippen LogP contribution in [0.25, 0.3) is 0 Å².